The Morgan fingerprint density at radius 2 is 1.67 bits per heavy atom. The standard InChI is InChI=1S/C29H32N4O8S/c1-6-8-25-28(40-15-7-2)22-14-11-20(16-23(22)32(5)42(25,38)39)27(35)26-18(3)30-31(4)29(26)41-17-24(34)19-9-12-21(13-10-19)33(36)37/h9-14,16H,6-8,15,17H2,1-5H3. The Morgan fingerprint density at radius 1 is 1.00 bits per heavy atom. The molecule has 1 aliphatic rings. The van der Waals surface area contributed by atoms with E-state index in [2.05, 4.69) is 5.10 Å². The minimum Gasteiger partial charge on any atom is -0.492 e. The quantitative estimate of drug-likeness (QED) is 0.163. The number of aryl methyl sites for hydroxylation is 2. The van der Waals surface area contributed by atoms with Crippen LogP contribution in [-0.2, 0) is 21.8 Å². The summed E-state index contributed by atoms with van der Waals surface area (Å²) in [6, 6.07) is 9.90. The van der Waals surface area contributed by atoms with Gasteiger partial charge in [0.05, 0.1) is 22.9 Å². The number of nitro groups is 1. The summed E-state index contributed by atoms with van der Waals surface area (Å²) in [7, 11) is -0.852. The molecule has 0 spiro atoms. The summed E-state index contributed by atoms with van der Waals surface area (Å²) in [4.78, 5) is 37.1. The number of hydrogen-bond donors (Lipinski definition) is 0. The Morgan fingerprint density at radius 3 is 2.29 bits per heavy atom. The first-order valence-electron chi connectivity index (χ1n) is 13.4. The highest BCUT2D eigenvalue weighted by Crippen LogP contribution is 2.42. The molecule has 0 atom stereocenters. The molecular formula is C29H32N4O8S. The monoisotopic (exact) mass is 596 g/mol. The number of nitro benzene ring substituents is 1. The number of hydrogen-bond acceptors (Lipinski definition) is 9. The fraction of sp³-hybridized carbons (Fsp3) is 0.345. The van der Waals surface area contributed by atoms with Crippen LogP contribution in [0.4, 0.5) is 11.4 Å². The first kappa shape index (κ1) is 30.4. The van der Waals surface area contributed by atoms with Gasteiger partial charge in [-0.2, -0.15) is 5.10 Å². The van der Waals surface area contributed by atoms with Gasteiger partial charge in [-0.25, -0.2) is 13.1 Å². The number of anilines is 1. The molecule has 0 N–H and O–H groups in total. The number of benzene rings is 2. The number of fused-ring (bicyclic) bond motifs is 1. The first-order valence-corrected chi connectivity index (χ1v) is 14.8. The predicted molar refractivity (Wildman–Crippen MR) is 156 cm³/mol. The van der Waals surface area contributed by atoms with Crippen LogP contribution in [0.1, 0.15) is 70.6 Å². The van der Waals surface area contributed by atoms with Crippen LogP contribution < -0.4 is 9.04 Å². The molecule has 0 unspecified atom stereocenters. The highest BCUT2D eigenvalue weighted by atomic mass is 32.2. The number of aromatic nitrogens is 2. The first-order chi connectivity index (χ1) is 19.9. The summed E-state index contributed by atoms with van der Waals surface area (Å²) in [5, 5.41) is 15.2. The lowest BCUT2D eigenvalue weighted by Gasteiger charge is -2.31. The van der Waals surface area contributed by atoms with Gasteiger partial charge in [-0.1, -0.05) is 26.3 Å². The molecule has 0 amide bonds. The van der Waals surface area contributed by atoms with Crippen LogP contribution in [-0.4, -0.2) is 54.9 Å². The van der Waals surface area contributed by atoms with Gasteiger partial charge in [-0.05, 0) is 44.0 Å². The minimum absolute atomic E-state index is 0.0588. The third-order valence-corrected chi connectivity index (χ3v) is 8.76. The molecule has 0 radical (unpaired) electrons. The van der Waals surface area contributed by atoms with E-state index >= 15 is 0 Å². The van der Waals surface area contributed by atoms with Gasteiger partial charge in [0, 0.05) is 42.9 Å². The fourth-order valence-corrected chi connectivity index (χ4v) is 6.32. The van der Waals surface area contributed by atoms with Crippen LogP contribution in [0.5, 0.6) is 5.88 Å². The summed E-state index contributed by atoms with van der Waals surface area (Å²) in [6.45, 7) is 5.36. The summed E-state index contributed by atoms with van der Waals surface area (Å²) in [6.07, 6.45) is 1.63. The fourth-order valence-electron chi connectivity index (χ4n) is 4.71. The van der Waals surface area contributed by atoms with E-state index in [1.165, 1.54) is 46.4 Å². The SMILES string of the molecule is CCCOC1=C(CCC)S(=O)(=O)N(C)c2cc(C(=O)c3c(C)nn(C)c3OCC(=O)c3ccc([N+](=O)[O-])cc3)ccc21. The van der Waals surface area contributed by atoms with Crippen molar-refractivity contribution in [3.8, 4) is 5.88 Å². The van der Waals surface area contributed by atoms with E-state index in [1.54, 1.807) is 26.1 Å². The Bertz CT molecular complexity index is 1690. The number of carbonyl (C=O) groups is 2. The van der Waals surface area contributed by atoms with Gasteiger partial charge in [0.2, 0.25) is 5.88 Å². The van der Waals surface area contributed by atoms with E-state index in [4.69, 9.17) is 9.47 Å². The van der Waals surface area contributed by atoms with Crippen molar-refractivity contribution < 1.29 is 32.4 Å². The second-order valence-corrected chi connectivity index (χ2v) is 11.8. The third kappa shape index (κ3) is 5.64. The molecule has 3 aromatic rings. The zero-order chi connectivity index (χ0) is 30.8. The lowest BCUT2D eigenvalue weighted by atomic mass is 9.99. The molecular weight excluding hydrogens is 564 g/mol. The zero-order valence-corrected chi connectivity index (χ0v) is 24.9. The maximum Gasteiger partial charge on any atom is 0.269 e. The average molecular weight is 597 g/mol. The lowest BCUT2D eigenvalue weighted by Crippen LogP contribution is -2.33. The summed E-state index contributed by atoms with van der Waals surface area (Å²) < 4.78 is 41.0. The molecule has 0 aliphatic carbocycles. The second-order valence-electron chi connectivity index (χ2n) is 9.79. The maximum atomic E-state index is 13.8. The lowest BCUT2D eigenvalue weighted by molar-refractivity contribution is -0.384. The van der Waals surface area contributed by atoms with Crippen molar-refractivity contribution in [1.29, 1.82) is 0 Å². The van der Waals surface area contributed by atoms with E-state index in [1.807, 2.05) is 13.8 Å². The maximum absolute atomic E-state index is 13.8. The van der Waals surface area contributed by atoms with Crippen LogP contribution in [0.25, 0.3) is 5.76 Å². The van der Waals surface area contributed by atoms with Gasteiger partial charge in [0.15, 0.2) is 18.2 Å². The smallest absolute Gasteiger partial charge is 0.269 e. The molecule has 12 nitrogen and oxygen atoms in total. The molecule has 0 bridgehead atoms. The van der Waals surface area contributed by atoms with E-state index in [0.717, 1.165) is 0 Å². The molecule has 222 valence electrons. The van der Waals surface area contributed by atoms with E-state index < -0.39 is 33.1 Å². The molecule has 4 rings (SSSR count). The molecule has 1 aromatic heterocycles. The number of allylic oxidation sites excluding steroid dienone is 1. The highest BCUT2D eigenvalue weighted by molar-refractivity contribution is 7.96. The Balaban J connectivity index is 1.67. The summed E-state index contributed by atoms with van der Waals surface area (Å²) in [5.74, 6) is -0.552. The van der Waals surface area contributed by atoms with Crippen LogP contribution in [0.15, 0.2) is 47.4 Å². The largest absolute Gasteiger partial charge is 0.492 e. The third-order valence-electron chi connectivity index (χ3n) is 6.83. The summed E-state index contributed by atoms with van der Waals surface area (Å²) >= 11 is 0. The van der Waals surface area contributed by atoms with E-state index in [9.17, 15) is 28.1 Å². The predicted octanol–water partition coefficient (Wildman–Crippen LogP) is 4.80. The van der Waals surface area contributed by atoms with Crippen LogP contribution >= 0.6 is 0 Å². The topological polar surface area (TPSA) is 151 Å². The highest BCUT2D eigenvalue weighted by Gasteiger charge is 2.36. The number of nitrogens with zero attached hydrogens (tertiary/aromatic N) is 4. The van der Waals surface area contributed by atoms with Crippen molar-refractivity contribution in [2.75, 3.05) is 24.6 Å². The Kier molecular flexibility index (Phi) is 8.81. The van der Waals surface area contributed by atoms with Gasteiger partial charge in [0.1, 0.15) is 16.2 Å². The van der Waals surface area contributed by atoms with Crippen molar-refractivity contribution in [3.05, 3.63) is 85.4 Å². The average Bonchev–Trinajstić information content (AvgIpc) is 3.26. The number of rotatable bonds is 12. The van der Waals surface area contributed by atoms with Crippen molar-refractivity contribution >= 4 is 38.7 Å². The van der Waals surface area contributed by atoms with Gasteiger partial charge in [-0.15, -0.1) is 0 Å². The normalized spacial score (nSPS) is 14.0. The minimum atomic E-state index is -3.87. The number of sulfonamides is 1. The molecule has 2 aromatic carbocycles. The number of ether oxygens (including phenoxy) is 2. The second kappa shape index (κ2) is 12.1. The van der Waals surface area contributed by atoms with Crippen LogP contribution in [0, 0.1) is 17.0 Å². The Hall–Kier alpha value is -4.52. The van der Waals surface area contributed by atoms with Gasteiger partial charge < -0.3 is 9.47 Å². The number of ketones is 2. The molecule has 0 fully saturated rings. The number of Topliss-reactive ketones (excluding diaryl/α,β-unsaturated/α-hetero) is 1. The van der Waals surface area contributed by atoms with Crippen LogP contribution in [0.2, 0.25) is 0 Å². The van der Waals surface area contributed by atoms with Gasteiger partial charge >= 0.3 is 0 Å². The van der Waals surface area contributed by atoms with Crippen LogP contribution in [0.3, 0.4) is 0 Å². The Labute approximate surface area is 243 Å². The van der Waals surface area contributed by atoms with Crippen molar-refractivity contribution in [1.82, 2.24) is 9.78 Å². The van der Waals surface area contributed by atoms with Crippen molar-refractivity contribution in [2.45, 2.75) is 40.0 Å². The van der Waals surface area contributed by atoms with Gasteiger partial charge in [-0.3, -0.25) is 24.0 Å². The zero-order valence-electron chi connectivity index (χ0n) is 24.0. The van der Waals surface area contributed by atoms with E-state index in [-0.39, 0.29) is 33.2 Å². The molecule has 0 saturated heterocycles. The summed E-state index contributed by atoms with van der Waals surface area (Å²) in [5.41, 5.74) is 1.64. The molecule has 2 heterocycles. The van der Waals surface area contributed by atoms with E-state index in [0.29, 0.717) is 48.6 Å². The molecule has 0 saturated carbocycles. The van der Waals surface area contributed by atoms with Crippen molar-refractivity contribution in [3.63, 3.8) is 0 Å². The number of carbonyl (C=O) groups excluding carboxylic acids is 2. The molecule has 42 heavy (non-hydrogen) atoms. The van der Waals surface area contributed by atoms with Gasteiger partial charge in [0.25, 0.3) is 15.7 Å². The molecule has 1 aliphatic heterocycles. The number of non-ortho nitro benzene ring substituents is 1. The van der Waals surface area contributed by atoms with Crippen molar-refractivity contribution in [2.24, 2.45) is 7.05 Å². The molecule has 13 heteroatoms.